The molecule has 2 N–H and O–H groups in total. The Bertz CT molecular complexity index is 334. The van der Waals surface area contributed by atoms with Crippen LogP contribution in [0.1, 0.15) is 17.5 Å². The van der Waals surface area contributed by atoms with E-state index in [-0.39, 0.29) is 13.2 Å². The summed E-state index contributed by atoms with van der Waals surface area (Å²) in [5, 5.41) is 17.3. The van der Waals surface area contributed by atoms with Gasteiger partial charge < -0.3 is 10.2 Å². The summed E-state index contributed by atoms with van der Waals surface area (Å²) in [5.41, 5.74) is 2.07. The first-order chi connectivity index (χ1) is 6.88. The van der Waals surface area contributed by atoms with Gasteiger partial charge in [0.05, 0.1) is 0 Å². The van der Waals surface area contributed by atoms with Gasteiger partial charge in [0.15, 0.2) is 0 Å². The van der Waals surface area contributed by atoms with E-state index in [2.05, 4.69) is 11.8 Å². The number of hydrogen-bond donors (Lipinski definition) is 2. The van der Waals surface area contributed by atoms with E-state index in [0.717, 1.165) is 24.0 Å². The van der Waals surface area contributed by atoms with Crippen LogP contribution in [0.5, 0.6) is 0 Å². The van der Waals surface area contributed by atoms with Crippen molar-refractivity contribution in [1.29, 1.82) is 0 Å². The van der Waals surface area contributed by atoms with Crippen LogP contribution in [0, 0.1) is 11.8 Å². The zero-order valence-electron chi connectivity index (χ0n) is 8.03. The van der Waals surface area contributed by atoms with E-state index in [1.54, 1.807) is 0 Å². The minimum atomic E-state index is -0.117. The molecule has 74 valence electrons. The molecule has 0 bridgehead atoms. The molecule has 14 heavy (non-hydrogen) atoms. The predicted octanol–water partition coefficient (Wildman–Crippen LogP) is 0.955. The Labute approximate surface area is 84.2 Å². The fourth-order valence-corrected chi connectivity index (χ4v) is 1.26. The summed E-state index contributed by atoms with van der Waals surface area (Å²) in [7, 11) is 0. The number of hydrogen-bond acceptors (Lipinski definition) is 2. The third kappa shape index (κ3) is 3.21. The lowest BCUT2D eigenvalue weighted by Gasteiger charge is -2.02. The molecule has 1 rings (SSSR count). The van der Waals surface area contributed by atoms with E-state index >= 15 is 0 Å². The molecule has 0 aliphatic rings. The monoisotopic (exact) mass is 190 g/mol. The molecule has 1 aromatic carbocycles. The second-order valence-electron chi connectivity index (χ2n) is 2.94. The average Bonchev–Trinajstić information content (AvgIpc) is 2.24. The van der Waals surface area contributed by atoms with Crippen LogP contribution >= 0.6 is 0 Å². The highest BCUT2D eigenvalue weighted by Crippen LogP contribution is 2.09. The van der Waals surface area contributed by atoms with Crippen molar-refractivity contribution in [2.24, 2.45) is 0 Å². The molecule has 2 heteroatoms. The maximum Gasteiger partial charge on any atom is 0.104 e. The van der Waals surface area contributed by atoms with E-state index in [9.17, 15) is 0 Å². The molecule has 0 aliphatic heterocycles. The standard InChI is InChI=1S/C12H14O2/c13-9-3-7-11-5-1-2-6-12(11)8-4-10-14/h1-2,5-6,13-14H,3,7,9-10H2. The van der Waals surface area contributed by atoms with Gasteiger partial charge in [-0.2, -0.15) is 0 Å². The van der Waals surface area contributed by atoms with Gasteiger partial charge in [-0.15, -0.1) is 0 Å². The lowest BCUT2D eigenvalue weighted by Crippen LogP contribution is -1.93. The van der Waals surface area contributed by atoms with Crippen molar-refractivity contribution in [2.75, 3.05) is 13.2 Å². The van der Waals surface area contributed by atoms with Gasteiger partial charge in [-0.1, -0.05) is 30.0 Å². The largest absolute Gasteiger partial charge is 0.396 e. The minimum absolute atomic E-state index is 0.117. The van der Waals surface area contributed by atoms with Crippen molar-refractivity contribution in [2.45, 2.75) is 12.8 Å². The van der Waals surface area contributed by atoms with Crippen molar-refractivity contribution >= 4 is 0 Å². The van der Waals surface area contributed by atoms with Gasteiger partial charge in [-0.05, 0) is 24.5 Å². The van der Waals surface area contributed by atoms with Gasteiger partial charge >= 0.3 is 0 Å². The zero-order chi connectivity index (χ0) is 10.2. The number of aliphatic hydroxyl groups is 2. The van der Waals surface area contributed by atoms with Gasteiger partial charge in [-0.3, -0.25) is 0 Å². The maximum atomic E-state index is 8.72. The summed E-state index contributed by atoms with van der Waals surface area (Å²) < 4.78 is 0. The normalized spacial score (nSPS) is 9.29. The van der Waals surface area contributed by atoms with Gasteiger partial charge in [0.1, 0.15) is 6.61 Å². The fourth-order valence-electron chi connectivity index (χ4n) is 1.26. The highest BCUT2D eigenvalue weighted by atomic mass is 16.3. The zero-order valence-corrected chi connectivity index (χ0v) is 8.03. The lowest BCUT2D eigenvalue weighted by molar-refractivity contribution is 0.288. The highest BCUT2D eigenvalue weighted by Gasteiger charge is 1.97. The Hall–Kier alpha value is -1.30. The van der Waals surface area contributed by atoms with Gasteiger partial charge in [0.25, 0.3) is 0 Å². The Morgan fingerprint density at radius 3 is 2.64 bits per heavy atom. The molecule has 0 spiro atoms. The first-order valence-electron chi connectivity index (χ1n) is 4.67. The second kappa shape index (κ2) is 6.20. The molecule has 0 atom stereocenters. The molecule has 0 heterocycles. The SMILES string of the molecule is OCC#Cc1ccccc1CCCO. The summed E-state index contributed by atoms with van der Waals surface area (Å²) in [6.45, 7) is 0.0795. The Balaban J connectivity index is 2.80. The summed E-state index contributed by atoms with van der Waals surface area (Å²) >= 11 is 0. The van der Waals surface area contributed by atoms with Crippen molar-refractivity contribution in [3.63, 3.8) is 0 Å². The van der Waals surface area contributed by atoms with E-state index < -0.39 is 0 Å². The summed E-state index contributed by atoms with van der Waals surface area (Å²) in [6.07, 6.45) is 1.57. The Morgan fingerprint density at radius 2 is 1.93 bits per heavy atom. The van der Waals surface area contributed by atoms with Crippen molar-refractivity contribution < 1.29 is 10.2 Å². The molecule has 2 nitrogen and oxygen atoms in total. The molecule has 1 aromatic rings. The van der Waals surface area contributed by atoms with Gasteiger partial charge in [-0.25, -0.2) is 0 Å². The predicted molar refractivity (Wildman–Crippen MR) is 55.8 cm³/mol. The molecule has 0 saturated carbocycles. The summed E-state index contributed by atoms with van der Waals surface area (Å²) in [4.78, 5) is 0. The van der Waals surface area contributed by atoms with Crippen molar-refractivity contribution in [3.05, 3.63) is 35.4 Å². The summed E-state index contributed by atoms with van der Waals surface area (Å²) in [5.74, 6) is 5.51. The fraction of sp³-hybridized carbons (Fsp3) is 0.333. The molecule has 0 unspecified atom stereocenters. The van der Waals surface area contributed by atoms with Crippen molar-refractivity contribution in [3.8, 4) is 11.8 Å². The van der Waals surface area contributed by atoms with Crippen LogP contribution in [-0.4, -0.2) is 23.4 Å². The van der Waals surface area contributed by atoms with E-state index in [1.807, 2.05) is 24.3 Å². The number of benzene rings is 1. The minimum Gasteiger partial charge on any atom is -0.396 e. The topological polar surface area (TPSA) is 40.5 Å². The molecule has 0 aliphatic carbocycles. The maximum absolute atomic E-state index is 8.72. The van der Waals surface area contributed by atoms with Crippen LogP contribution in [0.2, 0.25) is 0 Å². The second-order valence-corrected chi connectivity index (χ2v) is 2.94. The smallest absolute Gasteiger partial charge is 0.104 e. The third-order valence-electron chi connectivity index (χ3n) is 1.92. The Kier molecular flexibility index (Phi) is 4.77. The molecular weight excluding hydrogens is 176 g/mol. The first kappa shape index (κ1) is 10.8. The summed E-state index contributed by atoms with van der Waals surface area (Å²) in [6, 6.07) is 7.80. The van der Waals surface area contributed by atoms with Crippen molar-refractivity contribution in [1.82, 2.24) is 0 Å². The molecule has 0 radical (unpaired) electrons. The van der Waals surface area contributed by atoms with Crippen LogP contribution in [0.3, 0.4) is 0 Å². The molecule has 0 saturated heterocycles. The number of aliphatic hydroxyl groups excluding tert-OH is 2. The van der Waals surface area contributed by atoms with Crippen LogP contribution in [0.15, 0.2) is 24.3 Å². The molecular formula is C12H14O2. The quantitative estimate of drug-likeness (QED) is 0.697. The van der Waals surface area contributed by atoms with E-state index in [1.165, 1.54) is 0 Å². The molecule has 0 fully saturated rings. The van der Waals surface area contributed by atoms with Crippen LogP contribution in [-0.2, 0) is 6.42 Å². The Morgan fingerprint density at radius 1 is 1.14 bits per heavy atom. The number of rotatable bonds is 3. The molecule has 0 amide bonds. The number of aryl methyl sites for hydroxylation is 1. The highest BCUT2D eigenvalue weighted by molar-refractivity contribution is 5.41. The van der Waals surface area contributed by atoms with E-state index in [4.69, 9.17) is 10.2 Å². The first-order valence-corrected chi connectivity index (χ1v) is 4.67. The van der Waals surface area contributed by atoms with Gasteiger partial charge in [0.2, 0.25) is 0 Å². The third-order valence-corrected chi connectivity index (χ3v) is 1.92. The van der Waals surface area contributed by atoms with Gasteiger partial charge in [0, 0.05) is 12.2 Å². The van der Waals surface area contributed by atoms with E-state index in [0.29, 0.717) is 0 Å². The lowest BCUT2D eigenvalue weighted by atomic mass is 10.0. The van der Waals surface area contributed by atoms with Crippen LogP contribution < -0.4 is 0 Å². The average molecular weight is 190 g/mol. The molecule has 0 aromatic heterocycles. The van der Waals surface area contributed by atoms with Crippen LogP contribution in [0.25, 0.3) is 0 Å². The van der Waals surface area contributed by atoms with Crippen LogP contribution in [0.4, 0.5) is 0 Å².